The molecule has 0 radical (unpaired) electrons. The molecule has 0 heterocycles. The van der Waals surface area contributed by atoms with Crippen molar-refractivity contribution in [1.82, 2.24) is 0 Å². The molecule has 2 aromatic rings. The Hall–Kier alpha value is -4.01. The highest BCUT2D eigenvalue weighted by Crippen LogP contribution is 2.40. The molecule has 6 rings (SSSR count). The van der Waals surface area contributed by atoms with Crippen LogP contribution in [0.1, 0.15) is 70.2 Å². The summed E-state index contributed by atoms with van der Waals surface area (Å²) in [6.07, 6.45) is 14.4. The Morgan fingerprint density at radius 1 is 0.762 bits per heavy atom. The fourth-order valence-corrected chi connectivity index (χ4v) is 6.32. The highest BCUT2D eigenvalue weighted by Gasteiger charge is 2.26. The largest absolute Gasteiger partial charge is 0.467 e. The summed E-state index contributed by atoms with van der Waals surface area (Å²) in [4.78, 5) is 47.0. The molecule has 4 aliphatic rings. The molecule has 0 spiro atoms. The van der Waals surface area contributed by atoms with Crippen molar-refractivity contribution in [2.45, 2.75) is 77.0 Å². The molecule has 0 bridgehead atoms. The summed E-state index contributed by atoms with van der Waals surface area (Å²) in [5, 5.41) is 10.7. The summed E-state index contributed by atoms with van der Waals surface area (Å²) in [5.74, 6) is -1.16. The lowest BCUT2D eigenvalue weighted by molar-refractivity contribution is -0.144. The van der Waals surface area contributed by atoms with Crippen LogP contribution in [0, 0.1) is 0 Å². The SMILES string of the molecule is COC(=O)CO.COC(=O)COC(=O)Nc1c2c(cc3c1CCC3)CCC2.O=C=Nc1c2c(cc3c1CCC3)CCC2. The first kappa shape index (κ1) is 30.9. The number of carbonyl (C=O) groups excluding carboxylic acids is 4. The lowest BCUT2D eigenvalue weighted by atomic mass is 9.99. The summed E-state index contributed by atoms with van der Waals surface area (Å²) in [5.41, 5.74) is 12.5. The van der Waals surface area contributed by atoms with E-state index >= 15 is 0 Å². The van der Waals surface area contributed by atoms with Gasteiger partial charge in [0.1, 0.15) is 6.61 Å². The Balaban J connectivity index is 0.000000168. The van der Waals surface area contributed by atoms with Gasteiger partial charge < -0.3 is 19.3 Å². The number of benzene rings is 2. The second-order valence-corrected chi connectivity index (χ2v) is 10.7. The van der Waals surface area contributed by atoms with Gasteiger partial charge >= 0.3 is 18.0 Å². The van der Waals surface area contributed by atoms with E-state index in [-0.39, 0.29) is 6.61 Å². The highest BCUT2D eigenvalue weighted by atomic mass is 16.6. The molecule has 0 saturated carbocycles. The Morgan fingerprint density at radius 2 is 1.21 bits per heavy atom. The van der Waals surface area contributed by atoms with E-state index in [0.717, 1.165) is 75.6 Å². The molecule has 1 amide bonds. The molecule has 0 atom stereocenters. The number of amides is 1. The van der Waals surface area contributed by atoms with Crippen molar-refractivity contribution in [3.05, 3.63) is 56.6 Å². The van der Waals surface area contributed by atoms with E-state index in [4.69, 9.17) is 9.84 Å². The molecular weight excluding hydrogens is 540 g/mol. The van der Waals surface area contributed by atoms with Crippen molar-refractivity contribution in [2.24, 2.45) is 4.99 Å². The van der Waals surface area contributed by atoms with Crippen molar-refractivity contribution < 1.29 is 38.5 Å². The average molecular weight is 579 g/mol. The van der Waals surface area contributed by atoms with Crippen LogP contribution in [0.4, 0.5) is 16.2 Å². The lowest BCUT2D eigenvalue weighted by Gasteiger charge is -2.15. The maximum atomic E-state index is 11.9. The minimum atomic E-state index is -0.602. The van der Waals surface area contributed by atoms with Crippen LogP contribution in [0.2, 0.25) is 0 Å². The number of hydrogen-bond donors (Lipinski definition) is 2. The molecule has 10 nitrogen and oxygen atoms in total. The summed E-state index contributed by atoms with van der Waals surface area (Å²) in [6, 6.07) is 4.64. The van der Waals surface area contributed by atoms with Crippen LogP contribution in [0.15, 0.2) is 17.1 Å². The van der Waals surface area contributed by atoms with Crippen LogP contribution < -0.4 is 5.32 Å². The number of nitrogens with zero attached hydrogens (tertiary/aromatic N) is 1. The van der Waals surface area contributed by atoms with Crippen LogP contribution in [0.5, 0.6) is 0 Å². The zero-order valence-corrected chi connectivity index (χ0v) is 24.3. The Kier molecular flexibility index (Phi) is 10.9. The van der Waals surface area contributed by atoms with Crippen LogP contribution >= 0.6 is 0 Å². The Bertz CT molecular complexity index is 1320. The van der Waals surface area contributed by atoms with E-state index in [1.54, 1.807) is 6.08 Å². The van der Waals surface area contributed by atoms with Gasteiger partial charge in [-0.15, -0.1) is 0 Å². The molecule has 10 heteroatoms. The molecule has 0 aliphatic heterocycles. The number of methoxy groups -OCH3 is 2. The van der Waals surface area contributed by atoms with Crippen LogP contribution in [0.25, 0.3) is 0 Å². The zero-order chi connectivity index (χ0) is 30.1. The van der Waals surface area contributed by atoms with E-state index in [9.17, 15) is 19.2 Å². The maximum Gasteiger partial charge on any atom is 0.412 e. The number of esters is 2. The van der Waals surface area contributed by atoms with Gasteiger partial charge in [0.15, 0.2) is 6.61 Å². The third-order valence-electron chi connectivity index (χ3n) is 8.20. The van der Waals surface area contributed by atoms with Crippen LogP contribution in [0.3, 0.4) is 0 Å². The number of rotatable bonds is 5. The van der Waals surface area contributed by atoms with Gasteiger partial charge in [0.05, 0.1) is 25.6 Å². The summed E-state index contributed by atoms with van der Waals surface area (Å²) in [6.45, 7) is -0.893. The van der Waals surface area contributed by atoms with Gasteiger partial charge in [0.2, 0.25) is 6.08 Å². The van der Waals surface area contributed by atoms with Crippen LogP contribution in [-0.2, 0) is 80.0 Å². The molecule has 2 aromatic carbocycles. The standard InChI is InChI=1S/C16H19NO4.C13H13NO.C3H6O3/c1-20-14(18)9-21-16(19)17-15-12-6-2-4-10(12)8-11-5-3-7-13(11)15;15-8-14-13-11-5-1-3-9(11)7-10-4-2-6-12(10)13;1-6-3(5)2-4/h8H,2-7,9H2,1H3,(H,17,19);7H,1-6H2;4H,2H2,1H3. The fourth-order valence-electron chi connectivity index (χ4n) is 6.32. The molecule has 0 saturated heterocycles. The molecular formula is C32H38N2O8. The second kappa shape index (κ2) is 14.8. The number of carbonyl (C=O) groups is 3. The highest BCUT2D eigenvalue weighted by molar-refractivity contribution is 5.89. The lowest BCUT2D eigenvalue weighted by Crippen LogP contribution is -2.21. The molecule has 0 aromatic heterocycles. The molecule has 2 N–H and O–H groups in total. The Morgan fingerprint density at radius 3 is 1.62 bits per heavy atom. The van der Waals surface area contributed by atoms with Gasteiger partial charge in [-0.2, -0.15) is 4.99 Å². The van der Waals surface area contributed by atoms with Crippen molar-refractivity contribution in [3.8, 4) is 0 Å². The number of fused-ring (bicyclic) bond motifs is 4. The van der Waals surface area contributed by atoms with Crippen molar-refractivity contribution in [2.75, 3.05) is 32.8 Å². The van der Waals surface area contributed by atoms with E-state index in [0.29, 0.717) is 0 Å². The normalized spacial score (nSPS) is 14.8. The quantitative estimate of drug-likeness (QED) is 0.233. The third kappa shape index (κ3) is 7.24. The average Bonchev–Trinajstić information content (AvgIpc) is 3.82. The predicted molar refractivity (Wildman–Crippen MR) is 155 cm³/mol. The number of aryl methyl sites for hydroxylation is 4. The number of ether oxygens (including phenoxy) is 3. The number of aliphatic hydroxyl groups excluding tert-OH is 1. The first-order chi connectivity index (χ1) is 20.4. The maximum absolute atomic E-state index is 11.9. The smallest absolute Gasteiger partial charge is 0.412 e. The molecule has 224 valence electrons. The van der Waals surface area contributed by atoms with E-state index in [2.05, 4.69) is 31.9 Å². The number of isocyanates is 1. The topological polar surface area (TPSA) is 141 Å². The minimum Gasteiger partial charge on any atom is -0.467 e. The van der Waals surface area contributed by atoms with Gasteiger partial charge in [0, 0.05) is 0 Å². The first-order valence-corrected chi connectivity index (χ1v) is 14.5. The molecule has 4 aliphatic carbocycles. The zero-order valence-electron chi connectivity index (χ0n) is 24.3. The number of hydrogen-bond acceptors (Lipinski definition) is 9. The van der Waals surface area contributed by atoms with Crippen molar-refractivity contribution >= 4 is 35.5 Å². The van der Waals surface area contributed by atoms with Gasteiger partial charge in [-0.3, -0.25) is 5.32 Å². The number of aliphatic imine (C=N–C) groups is 1. The Labute approximate surface area is 245 Å². The van der Waals surface area contributed by atoms with Gasteiger partial charge in [-0.05, 0) is 122 Å². The molecule has 42 heavy (non-hydrogen) atoms. The van der Waals surface area contributed by atoms with Crippen LogP contribution in [-0.4, -0.2) is 56.7 Å². The number of aliphatic hydroxyl groups is 1. The van der Waals surface area contributed by atoms with Gasteiger partial charge in [0.25, 0.3) is 0 Å². The van der Waals surface area contributed by atoms with E-state index in [1.807, 2.05) is 0 Å². The first-order valence-electron chi connectivity index (χ1n) is 14.5. The van der Waals surface area contributed by atoms with Crippen molar-refractivity contribution in [3.63, 3.8) is 0 Å². The summed E-state index contributed by atoms with van der Waals surface area (Å²) >= 11 is 0. The number of anilines is 1. The minimum absolute atomic E-state index is 0.362. The second-order valence-electron chi connectivity index (χ2n) is 10.7. The van der Waals surface area contributed by atoms with Crippen molar-refractivity contribution in [1.29, 1.82) is 0 Å². The van der Waals surface area contributed by atoms with Gasteiger partial charge in [-0.25, -0.2) is 19.2 Å². The predicted octanol–water partition coefficient (Wildman–Crippen LogP) is 4.17. The molecule has 0 fully saturated rings. The molecule has 0 unspecified atom stereocenters. The number of nitrogens with one attached hydrogen (secondary N) is 1. The van der Waals surface area contributed by atoms with Gasteiger partial charge in [-0.1, -0.05) is 12.1 Å². The summed E-state index contributed by atoms with van der Waals surface area (Å²) in [7, 11) is 2.49. The summed E-state index contributed by atoms with van der Waals surface area (Å²) < 4.78 is 13.4. The fraction of sp³-hybridized carbons (Fsp3) is 0.500. The third-order valence-corrected chi connectivity index (χ3v) is 8.20. The van der Waals surface area contributed by atoms with E-state index < -0.39 is 24.6 Å². The monoisotopic (exact) mass is 578 g/mol. The van der Waals surface area contributed by atoms with E-state index in [1.165, 1.54) is 71.6 Å².